The molecular formula is C15H17ClN4O2S. The highest BCUT2D eigenvalue weighted by Crippen LogP contribution is 2.33. The standard InChI is InChI=1S/C15H17ClN4O2S/c1-15(9-21-7-6-20(15)14(17)23-2)13-18-12(19-22-13)10-4-3-5-11(16)8-10/h3-5,8,17H,6-7,9H2,1-2H3. The summed E-state index contributed by atoms with van der Waals surface area (Å²) >= 11 is 7.40. The van der Waals surface area contributed by atoms with Gasteiger partial charge in [-0.25, -0.2) is 0 Å². The van der Waals surface area contributed by atoms with Crippen LogP contribution in [0.2, 0.25) is 5.02 Å². The summed E-state index contributed by atoms with van der Waals surface area (Å²) in [6, 6.07) is 7.30. The molecule has 2 aromatic rings. The van der Waals surface area contributed by atoms with Crippen molar-refractivity contribution in [1.29, 1.82) is 5.41 Å². The van der Waals surface area contributed by atoms with Crippen molar-refractivity contribution in [2.24, 2.45) is 0 Å². The number of rotatable bonds is 2. The minimum atomic E-state index is -0.651. The molecule has 0 radical (unpaired) electrons. The van der Waals surface area contributed by atoms with Crippen LogP contribution in [0.4, 0.5) is 0 Å². The molecule has 0 amide bonds. The lowest BCUT2D eigenvalue weighted by Gasteiger charge is -2.42. The molecule has 1 atom stereocenters. The van der Waals surface area contributed by atoms with Gasteiger partial charge in [0.15, 0.2) is 5.17 Å². The third-order valence-corrected chi connectivity index (χ3v) is 4.69. The van der Waals surface area contributed by atoms with E-state index >= 15 is 0 Å². The highest BCUT2D eigenvalue weighted by atomic mass is 35.5. The van der Waals surface area contributed by atoms with Crippen molar-refractivity contribution in [2.75, 3.05) is 26.0 Å². The zero-order chi connectivity index (χ0) is 16.4. The maximum absolute atomic E-state index is 8.16. The van der Waals surface area contributed by atoms with Crippen LogP contribution in [0.25, 0.3) is 11.4 Å². The molecule has 1 aliphatic heterocycles. The van der Waals surface area contributed by atoms with Crippen molar-refractivity contribution in [1.82, 2.24) is 15.0 Å². The lowest BCUT2D eigenvalue weighted by Crippen LogP contribution is -2.54. The van der Waals surface area contributed by atoms with E-state index in [1.807, 2.05) is 30.2 Å². The molecule has 0 aliphatic carbocycles. The van der Waals surface area contributed by atoms with Gasteiger partial charge in [-0.2, -0.15) is 4.98 Å². The average Bonchev–Trinajstić information content (AvgIpc) is 3.05. The molecule has 3 rings (SSSR count). The molecule has 1 fully saturated rings. The number of benzene rings is 1. The van der Waals surface area contributed by atoms with E-state index in [0.717, 1.165) is 5.56 Å². The Balaban J connectivity index is 1.95. The first kappa shape index (κ1) is 16.3. The molecule has 0 spiro atoms. The highest BCUT2D eigenvalue weighted by molar-refractivity contribution is 8.13. The van der Waals surface area contributed by atoms with Crippen LogP contribution in [0, 0.1) is 5.41 Å². The molecule has 1 unspecified atom stereocenters. The number of morpholine rings is 1. The van der Waals surface area contributed by atoms with Crippen LogP contribution in [-0.2, 0) is 10.3 Å². The molecule has 1 saturated heterocycles. The van der Waals surface area contributed by atoms with Gasteiger partial charge in [-0.3, -0.25) is 5.41 Å². The lowest BCUT2D eigenvalue weighted by molar-refractivity contribution is -0.0406. The SMILES string of the molecule is CSC(=N)N1CCOCC1(C)c1nc(-c2cccc(Cl)c2)no1. The van der Waals surface area contributed by atoms with Gasteiger partial charge >= 0.3 is 0 Å². The number of aromatic nitrogens is 2. The monoisotopic (exact) mass is 352 g/mol. The summed E-state index contributed by atoms with van der Waals surface area (Å²) < 4.78 is 11.1. The zero-order valence-corrected chi connectivity index (χ0v) is 14.4. The van der Waals surface area contributed by atoms with Crippen LogP contribution in [0.5, 0.6) is 0 Å². The molecule has 8 heteroatoms. The van der Waals surface area contributed by atoms with Gasteiger partial charge in [0.2, 0.25) is 5.82 Å². The van der Waals surface area contributed by atoms with Gasteiger partial charge in [0, 0.05) is 17.1 Å². The fourth-order valence-corrected chi connectivity index (χ4v) is 3.25. The predicted octanol–water partition coefficient (Wildman–Crippen LogP) is 3.24. The number of amidine groups is 1. The number of thioether (sulfide) groups is 1. The second-order valence-electron chi connectivity index (χ2n) is 5.42. The van der Waals surface area contributed by atoms with Crippen molar-refractivity contribution in [3.8, 4) is 11.4 Å². The number of nitrogens with one attached hydrogen (secondary N) is 1. The summed E-state index contributed by atoms with van der Waals surface area (Å²) in [5, 5.41) is 13.3. The molecule has 1 aromatic carbocycles. The molecular weight excluding hydrogens is 336 g/mol. The van der Waals surface area contributed by atoms with Gasteiger partial charge < -0.3 is 14.2 Å². The van der Waals surface area contributed by atoms with Gasteiger partial charge in [-0.1, -0.05) is 40.7 Å². The van der Waals surface area contributed by atoms with E-state index in [0.29, 0.717) is 41.7 Å². The van der Waals surface area contributed by atoms with E-state index in [1.165, 1.54) is 11.8 Å². The van der Waals surface area contributed by atoms with Crippen LogP contribution in [-0.4, -0.2) is 46.2 Å². The predicted molar refractivity (Wildman–Crippen MR) is 90.9 cm³/mol. The molecule has 1 aromatic heterocycles. The Hall–Kier alpha value is -1.57. The van der Waals surface area contributed by atoms with Gasteiger partial charge in [-0.05, 0) is 25.3 Å². The van der Waals surface area contributed by atoms with E-state index < -0.39 is 5.54 Å². The van der Waals surface area contributed by atoms with E-state index in [1.54, 1.807) is 12.1 Å². The Morgan fingerprint density at radius 1 is 1.48 bits per heavy atom. The van der Waals surface area contributed by atoms with Gasteiger partial charge in [0.05, 0.1) is 13.2 Å². The molecule has 1 N–H and O–H groups in total. The van der Waals surface area contributed by atoms with Crippen molar-refractivity contribution in [3.63, 3.8) is 0 Å². The summed E-state index contributed by atoms with van der Waals surface area (Å²) in [6.07, 6.45) is 1.88. The average molecular weight is 353 g/mol. The van der Waals surface area contributed by atoms with Crippen LogP contribution in [0.3, 0.4) is 0 Å². The van der Waals surface area contributed by atoms with Crippen LogP contribution >= 0.6 is 23.4 Å². The smallest absolute Gasteiger partial charge is 0.255 e. The second-order valence-corrected chi connectivity index (χ2v) is 6.65. The first-order valence-corrected chi connectivity index (χ1v) is 8.73. The maximum Gasteiger partial charge on any atom is 0.255 e. The fourth-order valence-electron chi connectivity index (χ4n) is 2.55. The number of hydrogen-bond donors (Lipinski definition) is 1. The van der Waals surface area contributed by atoms with E-state index in [2.05, 4.69) is 10.1 Å². The van der Waals surface area contributed by atoms with Crippen LogP contribution in [0.1, 0.15) is 12.8 Å². The number of halogens is 1. The summed E-state index contributed by atoms with van der Waals surface area (Å²) in [4.78, 5) is 6.46. The van der Waals surface area contributed by atoms with E-state index in [9.17, 15) is 0 Å². The van der Waals surface area contributed by atoms with Crippen LogP contribution < -0.4 is 0 Å². The van der Waals surface area contributed by atoms with Crippen molar-refractivity contribution in [2.45, 2.75) is 12.5 Å². The molecule has 0 bridgehead atoms. The molecule has 23 heavy (non-hydrogen) atoms. The number of hydrogen-bond acceptors (Lipinski definition) is 6. The topological polar surface area (TPSA) is 75.2 Å². The van der Waals surface area contributed by atoms with Crippen molar-refractivity contribution < 1.29 is 9.26 Å². The van der Waals surface area contributed by atoms with Gasteiger partial charge in [0.25, 0.3) is 5.89 Å². The summed E-state index contributed by atoms with van der Waals surface area (Å²) in [5.74, 6) is 0.913. The molecule has 0 saturated carbocycles. The quantitative estimate of drug-likeness (QED) is 0.660. The Bertz CT molecular complexity index is 723. The maximum atomic E-state index is 8.16. The van der Waals surface area contributed by atoms with Crippen molar-refractivity contribution >= 4 is 28.5 Å². The Morgan fingerprint density at radius 3 is 3.04 bits per heavy atom. The summed E-state index contributed by atoms with van der Waals surface area (Å²) in [6.45, 7) is 3.54. The van der Waals surface area contributed by atoms with Gasteiger partial charge in [-0.15, -0.1) is 0 Å². The van der Waals surface area contributed by atoms with Gasteiger partial charge in [0.1, 0.15) is 5.54 Å². The number of ether oxygens (including phenoxy) is 1. The molecule has 6 nitrogen and oxygen atoms in total. The minimum Gasteiger partial charge on any atom is -0.377 e. The first-order chi connectivity index (χ1) is 11.0. The largest absolute Gasteiger partial charge is 0.377 e. The normalized spacial score (nSPS) is 21.4. The summed E-state index contributed by atoms with van der Waals surface area (Å²) in [7, 11) is 0. The zero-order valence-electron chi connectivity index (χ0n) is 12.9. The Kier molecular flexibility index (Phi) is 4.61. The molecule has 1 aliphatic rings. The number of nitrogens with zero attached hydrogens (tertiary/aromatic N) is 3. The minimum absolute atomic E-state index is 0.396. The highest BCUT2D eigenvalue weighted by Gasteiger charge is 2.43. The lowest BCUT2D eigenvalue weighted by atomic mass is 10.00. The Labute approximate surface area is 143 Å². The Morgan fingerprint density at radius 2 is 2.30 bits per heavy atom. The summed E-state index contributed by atoms with van der Waals surface area (Å²) in [5.41, 5.74) is 0.140. The fraction of sp³-hybridized carbons (Fsp3) is 0.400. The second kappa shape index (κ2) is 6.51. The van der Waals surface area contributed by atoms with Crippen LogP contribution in [0.15, 0.2) is 28.8 Å². The third kappa shape index (κ3) is 3.08. The van der Waals surface area contributed by atoms with E-state index in [4.69, 9.17) is 26.3 Å². The van der Waals surface area contributed by atoms with E-state index in [-0.39, 0.29) is 0 Å². The molecule has 122 valence electrons. The third-order valence-electron chi connectivity index (χ3n) is 3.85. The molecule has 2 heterocycles. The van der Waals surface area contributed by atoms with Crippen molar-refractivity contribution in [3.05, 3.63) is 35.2 Å². The first-order valence-electron chi connectivity index (χ1n) is 7.12.